The molecule has 5 N–H and O–H groups in total. The maximum absolute atomic E-state index is 12.2. The van der Waals surface area contributed by atoms with Crippen molar-refractivity contribution < 1.29 is 19.4 Å². The van der Waals surface area contributed by atoms with E-state index in [2.05, 4.69) is 15.3 Å². The van der Waals surface area contributed by atoms with Crippen LogP contribution in [0, 0.1) is 6.92 Å². The number of benzene rings is 2. The lowest BCUT2D eigenvalue weighted by Gasteiger charge is -2.18. The summed E-state index contributed by atoms with van der Waals surface area (Å²) in [6, 6.07) is 15.0. The van der Waals surface area contributed by atoms with E-state index in [1.165, 1.54) is 11.3 Å². The first kappa shape index (κ1) is 24.9. The van der Waals surface area contributed by atoms with Crippen molar-refractivity contribution in [2.45, 2.75) is 13.5 Å². The normalized spacial score (nSPS) is 11.9. The summed E-state index contributed by atoms with van der Waals surface area (Å²) in [5.74, 6) is -0.988. The van der Waals surface area contributed by atoms with E-state index in [0.29, 0.717) is 28.2 Å². The molecule has 0 radical (unpaired) electrons. The van der Waals surface area contributed by atoms with Crippen LogP contribution in [0.1, 0.15) is 21.1 Å². The number of thiophene rings is 1. The Labute approximate surface area is 204 Å². The number of anilines is 1. The minimum atomic E-state index is -1.24. The first-order chi connectivity index (χ1) is 15.9. The van der Waals surface area contributed by atoms with Gasteiger partial charge in [0.15, 0.2) is 6.61 Å². The Balaban J connectivity index is 0.000000201. The molecule has 0 bridgehead atoms. The Morgan fingerprint density at radius 2 is 1.94 bits per heavy atom. The predicted octanol–water partition coefficient (Wildman–Crippen LogP) is 3.56. The van der Waals surface area contributed by atoms with E-state index in [-0.39, 0.29) is 30.7 Å². The maximum Gasteiger partial charge on any atom is 0.372 e. The second-order valence-corrected chi connectivity index (χ2v) is 8.37. The van der Waals surface area contributed by atoms with Gasteiger partial charge in [0.2, 0.25) is 5.82 Å². The van der Waals surface area contributed by atoms with Gasteiger partial charge in [-0.3, -0.25) is 9.59 Å². The summed E-state index contributed by atoms with van der Waals surface area (Å²) in [6.45, 7) is 2.45. The molecule has 0 unspecified atom stereocenters. The number of carboxylic acid groups (broad SMARTS) is 1. The number of hydrogen-bond acceptors (Lipinski definition) is 7. The molecule has 0 fully saturated rings. The van der Waals surface area contributed by atoms with Crippen molar-refractivity contribution in [2.24, 2.45) is 5.73 Å². The van der Waals surface area contributed by atoms with Crippen molar-refractivity contribution in [2.75, 3.05) is 11.9 Å². The zero-order valence-corrected chi connectivity index (χ0v) is 19.6. The second-order valence-electron chi connectivity index (χ2n) is 7.17. The van der Waals surface area contributed by atoms with Gasteiger partial charge in [-0.15, -0.1) is 23.7 Å². The van der Waals surface area contributed by atoms with Crippen LogP contribution >= 0.6 is 23.7 Å². The first-order valence-electron chi connectivity index (χ1n) is 9.95. The molecule has 2 aromatic heterocycles. The van der Waals surface area contributed by atoms with Gasteiger partial charge in [0, 0.05) is 17.0 Å². The lowest BCUT2D eigenvalue weighted by molar-refractivity contribution is -0.118. The molecule has 34 heavy (non-hydrogen) atoms. The summed E-state index contributed by atoms with van der Waals surface area (Å²) in [6.07, 6.45) is 0. The van der Waals surface area contributed by atoms with Gasteiger partial charge in [0.25, 0.3) is 11.5 Å². The van der Waals surface area contributed by atoms with Crippen LogP contribution in [0.4, 0.5) is 5.69 Å². The number of halogens is 1. The molecule has 1 amide bonds. The standard InChI is InChI=1S/C14H10N2O3S.C9H10N2O2.ClH/c1-7-9(8-5-3-2-4-6-8)10-12(17)15-11(14(18)19)16-13(10)20-7;10-4-6-1-2-8-7(3-6)11-9(12)5-13-8;/h2-6H,1H3,(H,18,19)(H,15,16,17);1-3H,4-5,10H2,(H,11,12);1H. The van der Waals surface area contributed by atoms with E-state index in [4.69, 9.17) is 15.6 Å². The number of carbonyl (C=O) groups is 2. The number of ether oxygens (including phenoxy) is 1. The van der Waals surface area contributed by atoms with Gasteiger partial charge in [-0.25, -0.2) is 9.78 Å². The number of nitrogens with one attached hydrogen (secondary N) is 2. The molecule has 0 atom stereocenters. The van der Waals surface area contributed by atoms with Crippen molar-refractivity contribution in [3.63, 3.8) is 0 Å². The Morgan fingerprint density at radius 1 is 1.21 bits per heavy atom. The highest BCUT2D eigenvalue weighted by molar-refractivity contribution is 7.19. The number of fused-ring (bicyclic) bond motifs is 2. The molecule has 1 aliphatic heterocycles. The van der Waals surface area contributed by atoms with Crippen LogP contribution in [0.2, 0.25) is 0 Å². The molecular formula is C23H21ClN4O5S. The molecule has 0 aliphatic carbocycles. The predicted molar refractivity (Wildman–Crippen MR) is 133 cm³/mol. The van der Waals surface area contributed by atoms with E-state index in [9.17, 15) is 14.4 Å². The Kier molecular flexibility index (Phi) is 7.67. The summed E-state index contributed by atoms with van der Waals surface area (Å²) >= 11 is 1.32. The fourth-order valence-electron chi connectivity index (χ4n) is 3.43. The molecule has 9 nitrogen and oxygen atoms in total. The highest BCUT2D eigenvalue weighted by Crippen LogP contribution is 2.35. The molecule has 0 spiro atoms. The van der Waals surface area contributed by atoms with Crippen LogP contribution in [0.25, 0.3) is 21.3 Å². The topological polar surface area (TPSA) is 147 Å². The SMILES string of the molecule is Cc1sc2nc(C(=O)O)[nH]c(=O)c2c1-c1ccccc1.Cl.NCc1ccc2c(c1)NC(=O)CO2. The average molecular weight is 501 g/mol. The number of carbonyl (C=O) groups excluding carboxylic acids is 1. The van der Waals surface area contributed by atoms with E-state index in [0.717, 1.165) is 21.6 Å². The molecular weight excluding hydrogens is 480 g/mol. The number of aromatic carboxylic acids is 1. The van der Waals surface area contributed by atoms with Gasteiger partial charge in [-0.2, -0.15) is 0 Å². The van der Waals surface area contributed by atoms with E-state index < -0.39 is 11.5 Å². The van der Waals surface area contributed by atoms with Gasteiger partial charge in [-0.1, -0.05) is 36.4 Å². The summed E-state index contributed by atoms with van der Waals surface area (Å²) in [5, 5.41) is 12.1. The zero-order valence-electron chi connectivity index (χ0n) is 18.0. The van der Waals surface area contributed by atoms with Crippen LogP contribution in [-0.4, -0.2) is 33.6 Å². The van der Waals surface area contributed by atoms with Gasteiger partial charge in [0.05, 0.1) is 11.1 Å². The smallest absolute Gasteiger partial charge is 0.372 e. The molecule has 4 aromatic rings. The summed E-state index contributed by atoms with van der Waals surface area (Å²) in [5.41, 5.74) is 8.47. The molecule has 176 valence electrons. The number of hydrogen-bond donors (Lipinski definition) is 4. The van der Waals surface area contributed by atoms with Crippen molar-refractivity contribution in [1.82, 2.24) is 9.97 Å². The number of carboxylic acids is 1. The largest absolute Gasteiger partial charge is 0.482 e. The molecule has 11 heteroatoms. The molecule has 5 rings (SSSR count). The van der Waals surface area contributed by atoms with E-state index in [1.807, 2.05) is 55.5 Å². The quantitative estimate of drug-likeness (QED) is 0.336. The highest BCUT2D eigenvalue weighted by Gasteiger charge is 2.18. The number of H-pyrrole nitrogens is 1. The zero-order chi connectivity index (χ0) is 23.5. The number of nitrogens with two attached hydrogens (primary N) is 1. The molecule has 0 saturated carbocycles. The average Bonchev–Trinajstić information content (AvgIpc) is 3.15. The fourth-order valence-corrected chi connectivity index (χ4v) is 4.48. The summed E-state index contributed by atoms with van der Waals surface area (Å²) in [4.78, 5) is 41.8. The minimum Gasteiger partial charge on any atom is -0.482 e. The first-order valence-corrected chi connectivity index (χ1v) is 10.8. The van der Waals surface area contributed by atoms with E-state index >= 15 is 0 Å². The fraction of sp³-hybridized carbons (Fsp3) is 0.130. The number of aromatic nitrogens is 2. The second kappa shape index (κ2) is 10.5. The third-order valence-electron chi connectivity index (χ3n) is 4.92. The number of aryl methyl sites for hydroxylation is 1. The van der Waals surface area contributed by atoms with Crippen molar-refractivity contribution in [3.8, 4) is 16.9 Å². The molecule has 1 aliphatic rings. The number of amides is 1. The third-order valence-corrected chi connectivity index (χ3v) is 5.91. The Morgan fingerprint density at radius 3 is 2.62 bits per heavy atom. The van der Waals surface area contributed by atoms with Gasteiger partial charge >= 0.3 is 5.97 Å². The van der Waals surface area contributed by atoms with Crippen LogP contribution in [0.15, 0.2) is 53.3 Å². The number of aromatic amines is 1. The highest BCUT2D eigenvalue weighted by atomic mass is 35.5. The lowest BCUT2D eigenvalue weighted by atomic mass is 10.0. The van der Waals surface area contributed by atoms with Crippen LogP contribution in [0.3, 0.4) is 0 Å². The molecule has 2 aromatic carbocycles. The maximum atomic E-state index is 12.2. The monoisotopic (exact) mass is 500 g/mol. The lowest BCUT2D eigenvalue weighted by Crippen LogP contribution is -2.25. The summed E-state index contributed by atoms with van der Waals surface area (Å²) < 4.78 is 5.18. The van der Waals surface area contributed by atoms with Crippen LogP contribution < -0.4 is 21.3 Å². The number of rotatable bonds is 3. The minimum absolute atomic E-state index is 0. The van der Waals surface area contributed by atoms with Crippen molar-refractivity contribution in [3.05, 3.63) is 75.1 Å². The van der Waals surface area contributed by atoms with Gasteiger partial charge in [-0.05, 0) is 30.2 Å². The van der Waals surface area contributed by atoms with E-state index in [1.54, 1.807) is 0 Å². The van der Waals surface area contributed by atoms with Gasteiger partial charge < -0.3 is 25.9 Å². The molecule has 0 saturated heterocycles. The number of nitrogens with zero attached hydrogens (tertiary/aromatic N) is 1. The molecule has 3 heterocycles. The Bertz CT molecular complexity index is 1420. The van der Waals surface area contributed by atoms with Gasteiger partial charge in [0.1, 0.15) is 10.6 Å². The Hall–Kier alpha value is -3.73. The third kappa shape index (κ3) is 5.09. The summed E-state index contributed by atoms with van der Waals surface area (Å²) in [7, 11) is 0. The van der Waals surface area contributed by atoms with Crippen LogP contribution in [-0.2, 0) is 11.3 Å². The van der Waals surface area contributed by atoms with Crippen LogP contribution in [0.5, 0.6) is 5.75 Å². The van der Waals surface area contributed by atoms with Crippen molar-refractivity contribution >= 4 is 51.5 Å². The van der Waals surface area contributed by atoms with Crippen molar-refractivity contribution in [1.29, 1.82) is 0 Å².